The van der Waals surface area contributed by atoms with Crippen molar-refractivity contribution in [1.29, 1.82) is 0 Å². The average molecular weight is 534 g/mol. The first kappa shape index (κ1) is 27.6. The lowest BCUT2D eigenvalue weighted by Crippen LogP contribution is -2.25. The maximum atomic E-state index is 12.8. The van der Waals surface area contributed by atoms with E-state index in [0.717, 1.165) is 54.2 Å². The Hall–Kier alpha value is -4.40. The normalized spacial score (nSPS) is 10.8. The molecule has 0 radical (unpaired) electrons. The average Bonchev–Trinajstić information content (AvgIpc) is 3.33. The van der Waals surface area contributed by atoms with Crippen LogP contribution in [0.2, 0.25) is 0 Å². The second-order valence-electron chi connectivity index (χ2n) is 8.82. The molecule has 0 bridgehead atoms. The first-order valence-electron chi connectivity index (χ1n) is 12.9. The standard InChI is InChI=1S/C30H35N3O6/c1-35-22-10-7-11-23(20-22)39-17-9-16-33-25-13-6-5-12-24(25)32-28(33)14-8-15-31-30(34)21-18-26(36-2)29(38-4)27(19-21)37-3/h5-7,10-13,18-20H,8-9,14-17H2,1-4H3,(H,31,34). The number of ether oxygens (including phenoxy) is 5. The number of imidazole rings is 1. The van der Waals surface area contributed by atoms with Crippen molar-refractivity contribution in [2.24, 2.45) is 0 Å². The molecule has 1 aromatic heterocycles. The number of carbonyl (C=O) groups is 1. The van der Waals surface area contributed by atoms with Crippen LogP contribution in [0.3, 0.4) is 0 Å². The molecule has 0 aliphatic rings. The maximum Gasteiger partial charge on any atom is 0.251 e. The number of aryl methyl sites for hydroxylation is 2. The molecular formula is C30H35N3O6. The van der Waals surface area contributed by atoms with Crippen molar-refractivity contribution >= 4 is 16.9 Å². The molecule has 9 heteroatoms. The highest BCUT2D eigenvalue weighted by Gasteiger charge is 2.17. The molecule has 0 aliphatic heterocycles. The van der Waals surface area contributed by atoms with Crippen LogP contribution in [0, 0.1) is 0 Å². The van der Waals surface area contributed by atoms with Crippen molar-refractivity contribution in [2.45, 2.75) is 25.8 Å². The number of hydrogen-bond acceptors (Lipinski definition) is 7. The molecule has 4 aromatic rings. The van der Waals surface area contributed by atoms with Gasteiger partial charge in [-0.1, -0.05) is 18.2 Å². The Kier molecular flexibility index (Phi) is 9.50. The number of para-hydroxylation sites is 2. The highest BCUT2D eigenvalue weighted by Crippen LogP contribution is 2.38. The van der Waals surface area contributed by atoms with E-state index in [9.17, 15) is 4.79 Å². The molecule has 0 aliphatic carbocycles. The van der Waals surface area contributed by atoms with E-state index in [0.29, 0.717) is 36.0 Å². The number of aromatic nitrogens is 2. The summed E-state index contributed by atoms with van der Waals surface area (Å²) in [6.07, 6.45) is 2.28. The van der Waals surface area contributed by atoms with E-state index >= 15 is 0 Å². The minimum atomic E-state index is -0.211. The lowest BCUT2D eigenvalue weighted by molar-refractivity contribution is 0.0952. The molecule has 9 nitrogen and oxygen atoms in total. The van der Waals surface area contributed by atoms with Gasteiger partial charge in [-0.15, -0.1) is 0 Å². The first-order chi connectivity index (χ1) is 19.1. The summed E-state index contributed by atoms with van der Waals surface area (Å²) in [5.74, 6) is 3.65. The molecule has 1 N–H and O–H groups in total. The van der Waals surface area contributed by atoms with Gasteiger partial charge in [0.05, 0.1) is 46.1 Å². The van der Waals surface area contributed by atoms with E-state index in [1.807, 2.05) is 42.5 Å². The van der Waals surface area contributed by atoms with Crippen LogP contribution in [0.5, 0.6) is 28.7 Å². The van der Waals surface area contributed by atoms with Crippen LogP contribution in [0.1, 0.15) is 29.0 Å². The molecule has 1 heterocycles. The van der Waals surface area contributed by atoms with E-state index in [2.05, 4.69) is 16.0 Å². The largest absolute Gasteiger partial charge is 0.497 e. The lowest BCUT2D eigenvalue weighted by atomic mass is 10.1. The predicted molar refractivity (Wildman–Crippen MR) is 150 cm³/mol. The van der Waals surface area contributed by atoms with Crippen LogP contribution in [0.25, 0.3) is 11.0 Å². The maximum absolute atomic E-state index is 12.8. The number of methoxy groups -OCH3 is 4. The zero-order valence-electron chi connectivity index (χ0n) is 22.9. The molecule has 1 amide bonds. The van der Waals surface area contributed by atoms with Gasteiger partial charge in [0, 0.05) is 31.1 Å². The number of nitrogens with zero attached hydrogens (tertiary/aromatic N) is 2. The van der Waals surface area contributed by atoms with E-state index < -0.39 is 0 Å². The van der Waals surface area contributed by atoms with Gasteiger partial charge in [0.2, 0.25) is 5.75 Å². The van der Waals surface area contributed by atoms with E-state index in [4.69, 9.17) is 28.7 Å². The van der Waals surface area contributed by atoms with Crippen LogP contribution < -0.4 is 29.0 Å². The second-order valence-corrected chi connectivity index (χ2v) is 8.82. The van der Waals surface area contributed by atoms with Gasteiger partial charge in [-0.3, -0.25) is 4.79 Å². The second kappa shape index (κ2) is 13.4. The summed E-state index contributed by atoms with van der Waals surface area (Å²) < 4.78 is 29.5. The van der Waals surface area contributed by atoms with Crippen LogP contribution in [-0.2, 0) is 13.0 Å². The van der Waals surface area contributed by atoms with Gasteiger partial charge >= 0.3 is 0 Å². The number of fused-ring (bicyclic) bond motifs is 1. The van der Waals surface area contributed by atoms with Gasteiger partial charge in [0.25, 0.3) is 5.91 Å². The van der Waals surface area contributed by atoms with Crippen molar-refractivity contribution in [1.82, 2.24) is 14.9 Å². The van der Waals surface area contributed by atoms with E-state index in [1.165, 1.54) is 21.3 Å². The smallest absolute Gasteiger partial charge is 0.251 e. The molecule has 0 saturated heterocycles. The summed E-state index contributed by atoms with van der Waals surface area (Å²) >= 11 is 0. The lowest BCUT2D eigenvalue weighted by Gasteiger charge is -2.14. The van der Waals surface area contributed by atoms with Crippen molar-refractivity contribution in [3.05, 3.63) is 72.1 Å². The van der Waals surface area contributed by atoms with Gasteiger partial charge in [0.1, 0.15) is 17.3 Å². The van der Waals surface area contributed by atoms with Crippen molar-refractivity contribution in [3.8, 4) is 28.7 Å². The quantitative estimate of drug-likeness (QED) is 0.230. The van der Waals surface area contributed by atoms with Crippen LogP contribution >= 0.6 is 0 Å². The number of amides is 1. The fourth-order valence-electron chi connectivity index (χ4n) is 4.43. The molecule has 0 fully saturated rings. The number of hydrogen-bond donors (Lipinski definition) is 1. The third kappa shape index (κ3) is 6.73. The molecule has 0 atom stereocenters. The number of benzene rings is 3. The number of carbonyl (C=O) groups excluding carboxylic acids is 1. The SMILES string of the molecule is COc1cccc(OCCCn2c(CCCNC(=O)c3cc(OC)c(OC)c(OC)c3)nc3ccccc32)c1. The highest BCUT2D eigenvalue weighted by atomic mass is 16.5. The Morgan fingerprint density at radius 1 is 0.846 bits per heavy atom. The minimum Gasteiger partial charge on any atom is -0.497 e. The van der Waals surface area contributed by atoms with Crippen molar-refractivity contribution in [3.63, 3.8) is 0 Å². The van der Waals surface area contributed by atoms with Gasteiger partial charge < -0.3 is 33.6 Å². The monoisotopic (exact) mass is 533 g/mol. The van der Waals surface area contributed by atoms with Gasteiger partial charge in [0.15, 0.2) is 11.5 Å². The summed E-state index contributed by atoms with van der Waals surface area (Å²) in [6, 6.07) is 19.0. The molecule has 39 heavy (non-hydrogen) atoms. The Balaban J connectivity index is 1.35. The van der Waals surface area contributed by atoms with Gasteiger partial charge in [-0.05, 0) is 49.2 Å². The fourth-order valence-corrected chi connectivity index (χ4v) is 4.43. The summed E-state index contributed by atoms with van der Waals surface area (Å²) in [7, 11) is 6.22. The fraction of sp³-hybridized carbons (Fsp3) is 0.333. The molecule has 0 saturated carbocycles. The third-order valence-electron chi connectivity index (χ3n) is 6.36. The third-order valence-corrected chi connectivity index (χ3v) is 6.36. The Bertz CT molecular complexity index is 1380. The van der Waals surface area contributed by atoms with Crippen LogP contribution in [-0.4, -0.2) is 57.0 Å². The van der Waals surface area contributed by atoms with Crippen molar-refractivity contribution < 1.29 is 28.5 Å². The predicted octanol–water partition coefficient (Wildman–Crippen LogP) is 4.90. The molecule has 206 valence electrons. The Morgan fingerprint density at radius 3 is 2.31 bits per heavy atom. The summed E-state index contributed by atoms with van der Waals surface area (Å²) in [4.78, 5) is 17.7. The first-order valence-corrected chi connectivity index (χ1v) is 12.9. The zero-order valence-corrected chi connectivity index (χ0v) is 22.9. The molecule has 4 rings (SSSR count). The van der Waals surface area contributed by atoms with Crippen LogP contribution in [0.15, 0.2) is 60.7 Å². The highest BCUT2D eigenvalue weighted by molar-refractivity contribution is 5.95. The summed E-state index contributed by atoms with van der Waals surface area (Å²) in [5, 5.41) is 2.98. The number of nitrogens with one attached hydrogen (secondary N) is 1. The molecule has 3 aromatic carbocycles. The van der Waals surface area contributed by atoms with Gasteiger partial charge in [-0.25, -0.2) is 4.98 Å². The Morgan fingerprint density at radius 2 is 1.59 bits per heavy atom. The van der Waals surface area contributed by atoms with Crippen LogP contribution in [0.4, 0.5) is 0 Å². The van der Waals surface area contributed by atoms with E-state index in [-0.39, 0.29) is 5.91 Å². The van der Waals surface area contributed by atoms with Gasteiger partial charge in [-0.2, -0.15) is 0 Å². The molecule has 0 spiro atoms. The van der Waals surface area contributed by atoms with Crippen molar-refractivity contribution in [2.75, 3.05) is 41.6 Å². The van der Waals surface area contributed by atoms with E-state index in [1.54, 1.807) is 19.2 Å². The molecular weight excluding hydrogens is 498 g/mol. The summed E-state index contributed by atoms with van der Waals surface area (Å²) in [6.45, 7) is 1.85. The minimum absolute atomic E-state index is 0.211. The topological polar surface area (TPSA) is 93.1 Å². The Labute approximate surface area is 228 Å². The number of rotatable bonds is 14. The zero-order chi connectivity index (χ0) is 27.6. The molecule has 0 unspecified atom stereocenters. The summed E-state index contributed by atoms with van der Waals surface area (Å²) in [5.41, 5.74) is 2.49.